The van der Waals surface area contributed by atoms with Crippen molar-refractivity contribution in [2.24, 2.45) is 13.0 Å². The summed E-state index contributed by atoms with van der Waals surface area (Å²) in [5.74, 6) is 0.624. The van der Waals surface area contributed by atoms with Crippen LogP contribution in [0.1, 0.15) is 52.8 Å². The van der Waals surface area contributed by atoms with E-state index in [0.717, 1.165) is 18.4 Å². The fourth-order valence-electron chi connectivity index (χ4n) is 2.85. The maximum atomic E-state index is 12.2. The first-order valence-corrected chi connectivity index (χ1v) is 8.05. The number of nitrogens with zero attached hydrogens (tertiary/aromatic N) is 4. The molecule has 0 radical (unpaired) electrons. The lowest BCUT2D eigenvalue weighted by Crippen LogP contribution is -2.16. The molecule has 0 saturated carbocycles. The van der Waals surface area contributed by atoms with E-state index in [0.29, 0.717) is 22.4 Å². The Bertz CT molecular complexity index is 769. The van der Waals surface area contributed by atoms with Gasteiger partial charge in [0, 0.05) is 11.9 Å². The molecule has 0 aromatic carbocycles. The Kier molecular flexibility index (Phi) is 3.71. The number of anilines is 1. The molecule has 0 aliphatic heterocycles. The summed E-state index contributed by atoms with van der Waals surface area (Å²) in [5.41, 5.74) is 1.71. The van der Waals surface area contributed by atoms with Crippen molar-refractivity contribution in [3.8, 4) is 6.07 Å². The summed E-state index contributed by atoms with van der Waals surface area (Å²) in [7, 11) is 1.71. The van der Waals surface area contributed by atoms with Crippen molar-refractivity contribution in [3.63, 3.8) is 0 Å². The molecule has 114 valence electrons. The Hall–Kier alpha value is -2.20. The molecule has 0 saturated heterocycles. The molecule has 1 aliphatic rings. The average Bonchev–Trinajstić information content (AvgIpc) is 3.06. The summed E-state index contributed by atoms with van der Waals surface area (Å²) in [5, 5.41) is 16.9. The van der Waals surface area contributed by atoms with Crippen molar-refractivity contribution in [2.45, 2.75) is 32.6 Å². The number of aryl methyl sites for hydroxylation is 2. The van der Waals surface area contributed by atoms with Gasteiger partial charge in [0.05, 0.1) is 5.56 Å². The number of thiophene rings is 1. The van der Waals surface area contributed by atoms with Gasteiger partial charge in [0.25, 0.3) is 5.91 Å². The van der Waals surface area contributed by atoms with Crippen LogP contribution in [0.25, 0.3) is 0 Å². The fraction of sp³-hybridized carbons (Fsp3) is 0.467. The Morgan fingerprint density at radius 1 is 1.55 bits per heavy atom. The molecule has 7 heteroatoms. The number of carbonyl (C=O) groups is 1. The zero-order valence-corrected chi connectivity index (χ0v) is 13.6. The second kappa shape index (κ2) is 5.54. The molecule has 2 aromatic rings. The molecule has 0 spiro atoms. The van der Waals surface area contributed by atoms with E-state index in [-0.39, 0.29) is 11.7 Å². The predicted octanol–water partition coefficient (Wildman–Crippen LogP) is 2.69. The van der Waals surface area contributed by atoms with Gasteiger partial charge in [-0.3, -0.25) is 9.48 Å². The molecule has 2 aromatic heterocycles. The minimum absolute atomic E-state index is 0.110. The van der Waals surface area contributed by atoms with Crippen LogP contribution in [0.4, 0.5) is 5.00 Å². The molecule has 2 atom stereocenters. The number of fused-ring (bicyclic) bond motifs is 1. The van der Waals surface area contributed by atoms with Crippen LogP contribution in [0.15, 0.2) is 6.33 Å². The highest BCUT2D eigenvalue weighted by atomic mass is 32.1. The van der Waals surface area contributed by atoms with Crippen LogP contribution in [-0.2, 0) is 13.5 Å². The zero-order valence-electron chi connectivity index (χ0n) is 12.8. The van der Waals surface area contributed by atoms with Gasteiger partial charge in [0.1, 0.15) is 17.4 Å². The first-order valence-electron chi connectivity index (χ1n) is 7.24. The van der Waals surface area contributed by atoms with Gasteiger partial charge in [-0.05, 0) is 30.2 Å². The third-order valence-corrected chi connectivity index (χ3v) is 5.48. The van der Waals surface area contributed by atoms with E-state index < -0.39 is 0 Å². The lowest BCUT2D eigenvalue weighted by atomic mass is 9.79. The number of aromatic nitrogens is 3. The first-order chi connectivity index (χ1) is 10.5. The van der Waals surface area contributed by atoms with Gasteiger partial charge < -0.3 is 5.32 Å². The highest BCUT2D eigenvalue weighted by molar-refractivity contribution is 7.16. The fourth-order valence-corrected chi connectivity index (χ4v) is 4.12. The van der Waals surface area contributed by atoms with Gasteiger partial charge >= 0.3 is 0 Å². The molecule has 1 amide bonds. The monoisotopic (exact) mass is 315 g/mol. The maximum Gasteiger partial charge on any atom is 0.295 e. The van der Waals surface area contributed by atoms with E-state index in [9.17, 15) is 10.1 Å². The molecular formula is C15H17N5OS. The van der Waals surface area contributed by atoms with Crippen LogP contribution in [0.3, 0.4) is 0 Å². The molecule has 22 heavy (non-hydrogen) atoms. The number of hydrogen-bond donors (Lipinski definition) is 1. The van der Waals surface area contributed by atoms with Crippen molar-refractivity contribution in [3.05, 3.63) is 28.2 Å². The zero-order chi connectivity index (χ0) is 15.9. The first kappa shape index (κ1) is 14.7. The predicted molar refractivity (Wildman–Crippen MR) is 83.9 cm³/mol. The Labute approximate surface area is 132 Å². The van der Waals surface area contributed by atoms with Crippen molar-refractivity contribution in [1.82, 2.24) is 14.8 Å². The minimum Gasteiger partial charge on any atom is -0.310 e. The smallest absolute Gasteiger partial charge is 0.295 e. The second-order valence-electron chi connectivity index (χ2n) is 5.76. The van der Waals surface area contributed by atoms with Crippen molar-refractivity contribution < 1.29 is 4.79 Å². The van der Waals surface area contributed by atoms with E-state index in [1.165, 1.54) is 27.2 Å². The van der Waals surface area contributed by atoms with E-state index in [1.807, 2.05) is 0 Å². The lowest BCUT2D eigenvalue weighted by Gasteiger charge is -2.26. The van der Waals surface area contributed by atoms with Gasteiger partial charge in [0.15, 0.2) is 0 Å². The molecule has 1 N–H and O–H groups in total. The molecule has 1 aliphatic carbocycles. The number of amides is 1. The van der Waals surface area contributed by atoms with Crippen molar-refractivity contribution in [2.75, 3.05) is 5.32 Å². The van der Waals surface area contributed by atoms with E-state index in [2.05, 4.69) is 35.3 Å². The topological polar surface area (TPSA) is 83.6 Å². The highest BCUT2D eigenvalue weighted by Gasteiger charge is 2.30. The van der Waals surface area contributed by atoms with Crippen molar-refractivity contribution >= 4 is 22.2 Å². The summed E-state index contributed by atoms with van der Waals surface area (Å²) in [6.45, 7) is 4.37. The van der Waals surface area contributed by atoms with Crippen LogP contribution < -0.4 is 5.32 Å². The summed E-state index contributed by atoms with van der Waals surface area (Å²) in [6, 6.07) is 2.27. The van der Waals surface area contributed by atoms with Crippen LogP contribution in [0.2, 0.25) is 0 Å². The summed E-state index contributed by atoms with van der Waals surface area (Å²) in [6.07, 6.45) is 3.57. The van der Waals surface area contributed by atoms with Crippen molar-refractivity contribution in [1.29, 1.82) is 5.26 Å². The quantitative estimate of drug-likeness (QED) is 0.923. The van der Waals surface area contributed by atoms with Crippen LogP contribution in [0, 0.1) is 17.2 Å². The molecule has 3 rings (SSSR count). The number of carbonyl (C=O) groups excluding carboxylic acids is 1. The van der Waals surface area contributed by atoms with E-state index in [1.54, 1.807) is 7.05 Å². The molecule has 6 nitrogen and oxygen atoms in total. The normalized spacial score (nSPS) is 20.3. The molecular weight excluding hydrogens is 298 g/mol. The van der Waals surface area contributed by atoms with Gasteiger partial charge in [-0.1, -0.05) is 13.8 Å². The van der Waals surface area contributed by atoms with Gasteiger partial charge in [-0.15, -0.1) is 16.4 Å². The molecule has 2 heterocycles. The average molecular weight is 315 g/mol. The second-order valence-corrected chi connectivity index (χ2v) is 6.86. The number of rotatable bonds is 2. The standard InChI is InChI=1S/C15H17N5OS/c1-8-4-5-11-12(9(8)2)10(6-16)15(22-11)18-14(21)13-17-7-20(3)19-13/h7-9H,4-5H2,1-3H3,(H,18,21). The Balaban J connectivity index is 1.94. The maximum absolute atomic E-state index is 12.2. The molecule has 0 fully saturated rings. The van der Waals surface area contributed by atoms with Crippen LogP contribution in [-0.4, -0.2) is 20.7 Å². The molecule has 2 unspecified atom stereocenters. The van der Waals surface area contributed by atoms with Gasteiger partial charge in [0.2, 0.25) is 5.82 Å². The minimum atomic E-state index is -0.378. The Morgan fingerprint density at radius 3 is 2.95 bits per heavy atom. The number of nitriles is 1. The molecule has 0 bridgehead atoms. The van der Waals surface area contributed by atoms with Gasteiger partial charge in [-0.2, -0.15) is 5.26 Å². The number of hydrogen-bond acceptors (Lipinski definition) is 5. The number of nitrogens with one attached hydrogen (secondary N) is 1. The SMILES string of the molecule is CC1CCc2sc(NC(=O)c3ncn(C)n3)c(C#N)c2C1C. The van der Waals surface area contributed by atoms with Crippen LogP contribution in [0.5, 0.6) is 0 Å². The largest absolute Gasteiger partial charge is 0.310 e. The summed E-state index contributed by atoms with van der Waals surface area (Å²) >= 11 is 1.51. The lowest BCUT2D eigenvalue weighted by molar-refractivity contribution is 0.101. The Morgan fingerprint density at radius 2 is 2.32 bits per heavy atom. The van der Waals surface area contributed by atoms with Gasteiger partial charge in [-0.25, -0.2) is 4.98 Å². The van der Waals surface area contributed by atoms with E-state index >= 15 is 0 Å². The van der Waals surface area contributed by atoms with Crippen LogP contribution >= 0.6 is 11.3 Å². The third-order valence-electron chi connectivity index (χ3n) is 4.30. The summed E-state index contributed by atoms with van der Waals surface area (Å²) < 4.78 is 1.48. The summed E-state index contributed by atoms with van der Waals surface area (Å²) in [4.78, 5) is 17.4. The highest BCUT2D eigenvalue weighted by Crippen LogP contribution is 2.45. The van der Waals surface area contributed by atoms with E-state index in [4.69, 9.17) is 0 Å². The third kappa shape index (κ3) is 2.40.